The minimum atomic E-state index is 0.718. The number of rotatable bonds is 4. The van der Waals surface area contributed by atoms with Gasteiger partial charge < -0.3 is 4.90 Å². The lowest BCUT2D eigenvalue weighted by atomic mass is 10.3. The predicted octanol–water partition coefficient (Wildman–Crippen LogP) is 3.54. The largest absolute Gasteiger partial charge is 0.301 e. The maximum Gasteiger partial charge on any atom is 0.00384 e. The fourth-order valence-corrected chi connectivity index (χ4v) is 1.07. The van der Waals surface area contributed by atoms with E-state index in [1.54, 1.807) is 0 Å². The highest BCUT2D eigenvalue weighted by Crippen LogP contribution is 1.97. The van der Waals surface area contributed by atoms with Gasteiger partial charge in [0.1, 0.15) is 0 Å². The van der Waals surface area contributed by atoms with Crippen molar-refractivity contribution in [2.45, 2.75) is 60.4 Å². The number of hydrogen-bond donors (Lipinski definition) is 0. The molecule has 0 aromatic heterocycles. The van der Waals surface area contributed by atoms with Gasteiger partial charge in [0.05, 0.1) is 0 Å². The van der Waals surface area contributed by atoms with E-state index in [0.29, 0.717) is 0 Å². The van der Waals surface area contributed by atoms with Gasteiger partial charge in [0.2, 0.25) is 0 Å². The summed E-state index contributed by atoms with van der Waals surface area (Å²) in [5, 5.41) is 0. The first-order valence-corrected chi connectivity index (χ1v) is 5.37. The first kappa shape index (κ1) is 14.5. The highest BCUT2D eigenvalue weighted by Gasteiger charge is 2.02. The van der Waals surface area contributed by atoms with Crippen LogP contribution in [0.2, 0.25) is 0 Å². The molecule has 0 fully saturated rings. The zero-order chi connectivity index (χ0) is 9.98. The first-order valence-electron chi connectivity index (χ1n) is 5.37. The Morgan fingerprint density at radius 3 is 1.50 bits per heavy atom. The molecule has 0 aliphatic rings. The molecule has 0 saturated carbocycles. The second-order valence-electron chi connectivity index (χ2n) is 3.43. The Balaban J connectivity index is 0. The van der Waals surface area contributed by atoms with E-state index in [1.807, 2.05) is 0 Å². The summed E-state index contributed by atoms with van der Waals surface area (Å²) in [5.41, 5.74) is 0. The zero-order valence-corrected chi connectivity index (χ0v) is 9.85. The van der Waals surface area contributed by atoms with E-state index in [9.17, 15) is 0 Å². The quantitative estimate of drug-likeness (QED) is 0.628. The second-order valence-corrected chi connectivity index (χ2v) is 3.43. The van der Waals surface area contributed by atoms with Crippen molar-refractivity contribution in [3.63, 3.8) is 0 Å². The molecule has 0 radical (unpaired) electrons. The van der Waals surface area contributed by atoms with Crippen LogP contribution in [0.4, 0.5) is 0 Å². The number of nitrogens with zero attached hydrogens (tertiary/aromatic N) is 1. The molecule has 0 heterocycles. The lowest BCUT2D eigenvalue weighted by Gasteiger charge is -2.23. The molecule has 1 nitrogen and oxygen atoms in total. The van der Waals surface area contributed by atoms with Crippen LogP contribution in [-0.4, -0.2) is 24.0 Å². The van der Waals surface area contributed by atoms with Gasteiger partial charge in [-0.3, -0.25) is 0 Å². The van der Waals surface area contributed by atoms with Crippen molar-refractivity contribution in [2.24, 2.45) is 0 Å². The summed E-state index contributed by atoms with van der Waals surface area (Å²) in [4.78, 5) is 2.47. The Morgan fingerprint density at radius 1 is 1.00 bits per heavy atom. The van der Waals surface area contributed by atoms with Crippen molar-refractivity contribution in [1.29, 1.82) is 0 Å². The average molecular weight is 173 g/mol. The van der Waals surface area contributed by atoms with Crippen LogP contribution in [0.3, 0.4) is 0 Å². The lowest BCUT2D eigenvalue weighted by molar-refractivity contribution is 0.234. The Hall–Kier alpha value is -0.0400. The van der Waals surface area contributed by atoms with E-state index in [2.05, 4.69) is 46.4 Å². The van der Waals surface area contributed by atoms with Crippen molar-refractivity contribution in [3.05, 3.63) is 0 Å². The summed E-state index contributed by atoms with van der Waals surface area (Å²) in [5.74, 6) is 0. The van der Waals surface area contributed by atoms with E-state index in [-0.39, 0.29) is 0 Å². The maximum atomic E-state index is 2.47. The van der Waals surface area contributed by atoms with Crippen molar-refractivity contribution in [1.82, 2.24) is 4.90 Å². The van der Waals surface area contributed by atoms with Crippen molar-refractivity contribution < 1.29 is 0 Å². The highest BCUT2D eigenvalue weighted by molar-refractivity contribution is 4.58. The molecule has 1 heteroatoms. The van der Waals surface area contributed by atoms with E-state index in [4.69, 9.17) is 0 Å². The van der Waals surface area contributed by atoms with Crippen LogP contribution in [0, 0.1) is 0 Å². The molecule has 0 atom stereocenters. The molecular weight excluding hydrogens is 146 g/mol. The third-order valence-corrected chi connectivity index (χ3v) is 1.65. The topological polar surface area (TPSA) is 3.24 Å². The van der Waals surface area contributed by atoms with Gasteiger partial charge in [-0.15, -0.1) is 0 Å². The van der Waals surface area contributed by atoms with Gasteiger partial charge in [0.25, 0.3) is 0 Å². The van der Waals surface area contributed by atoms with Crippen molar-refractivity contribution in [3.8, 4) is 0 Å². The Bertz CT molecular complexity index is 69.4. The monoisotopic (exact) mass is 173 g/mol. The lowest BCUT2D eigenvalue weighted by Crippen LogP contribution is -2.31. The van der Waals surface area contributed by atoms with Crippen LogP contribution in [0.1, 0.15) is 54.4 Å². The molecule has 0 amide bonds. The fourth-order valence-electron chi connectivity index (χ4n) is 1.07. The summed E-state index contributed by atoms with van der Waals surface area (Å²) in [6, 6.07) is 0.718. The summed E-state index contributed by atoms with van der Waals surface area (Å²) in [6.07, 6.45) is 2.52. The third-order valence-electron chi connectivity index (χ3n) is 1.65. The van der Waals surface area contributed by atoms with Gasteiger partial charge in [0.15, 0.2) is 0 Å². The molecule has 0 rings (SSSR count). The molecule has 12 heavy (non-hydrogen) atoms. The van der Waals surface area contributed by atoms with Crippen LogP contribution < -0.4 is 0 Å². The molecule has 0 aliphatic heterocycles. The zero-order valence-electron chi connectivity index (χ0n) is 9.85. The van der Waals surface area contributed by atoms with Crippen LogP contribution >= 0.6 is 0 Å². The Kier molecular flexibility index (Phi) is 13.2. The van der Waals surface area contributed by atoms with E-state index >= 15 is 0 Å². The van der Waals surface area contributed by atoms with E-state index in [0.717, 1.165) is 6.04 Å². The summed E-state index contributed by atoms with van der Waals surface area (Å²) < 4.78 is 0. The molecule has 0 aromatic rings. The van der Waals surface area contributed by atoms with Gasteiger partial charge in [-0.05, 0) is 33.4 Å². The van der Waals surface area contributed by atoms with E-state index in [1.165, 1.54) is 25.9 Å². The molecule has 0 aliphatic carbocycles. The van der Waals surface area contributed by atoms with Gasteiger partial charge in [-0.25, -0.2) is 0 Å². The predicted molar refractivity (Wildman–Crippen MR) is 58.6 cm³/mol. The molecule has 0 saturated heterocycles. The molecule has 0 aromatic carbocycles. The Labute approximate surface area is 79.2 Å². The number of hydrogen-bond acceptors (Lipinski definition) is 1. The average Bonchev–Trinajstić information content (AvgIpc) is 2.01. The molecule has 0 N–H and O–H groups in total. The first-order chi connectivity index (χ1) is 5.63. The van der Waals surface area contributed by atoms with Gasteiger partial charge in [-0.2, -0.15) is 0 Å². The minimum absolute atomic E-state index is 0.718. The SMILES string of the molecule is CCC.CCCN(CC)C(C)C. The minimum Gasteiger partial charge on any atom is -0.301 e. The Morgan fingerprint density at radius 2 is 1.42 bits per heavy atom. The molecule has 0 bridgehead atoms. The van der Waals surface area contributed by atoms with E-state index < -0.39 is 0 Å². The molecular formula is C11H27N. The third kappa shape index (κ3) is 9.96. The fraction of sp³-hybridized carbons (Fsp3) is 1.00. The molecule has 76 valence electrons. The summed E-state index contributed by atoms with van der Waals surface area (Å²) >= 11 is 0. The van der Waals surface area contributed by atoms with Crippen LogP contribution in [0.25, 0.3) is 0 Å². The van der Waals surface area contributed by atoms with Crippen LogP contribution in [0.15, 0.2) is 0 Å². The molecule has 0 unspecified atom stereocenters. The maximum absolute atomic E-state index is 2.47. The van der Waals surface area contributed by atoms with Crippen LogP contribution in [-0.2, 0) is 0 Å². The summed E-state index contributed by atoms with van der Waals surface area (Å²) in [6.45, 7) is 15.6. The van der Waals surface area contributed by atoms with Gasteiger partial charge >= 0.3 is 0 Å². The normalized spacial score (nSPS) is 10.0. The van der Waals surface area contributed by atoms with Crippen molar-refractivity contribution >= 4 is 0 Å². The highest BCUT2D eigenvalue weighted by atomic mass is 15.1. The van der Waals surface area contributed by atoms with Gasteiger partial charge in [-0.1, -0.05) is 34.1 Å². The summed E-state index contributed by atoms with van der Waals surface area (Å²) in [7, 11) is 0. The van der Waals surface area contributed by atoms with Crippen LogP contribution in [0.5, 0.6) is 0 Å². The molecule has 0 spiro atoms. The second kappa shape index (κ2) is 11.0. The van der Waals surface area contributed by atoms with Crippen molar-refractivity contribution in [2.75, 3.05) is 13.1 Å². The standard InChI is InChI=1S/C8H19N.C3H8/c1-5-7-9(6-2)8(3)4;1-3-2/h8H,5-7H2,1-4H3;3H2,1-2H3. The smallest absolute Gasteiger partial charge is 0.00384 e. The van der Waals surface area contributed by atoms with Gasteiger partial charge in [0, 0.05) is 6.04 Å².